The smallest absolute Gasteiger partial charge is 0.110 e. The summed E-state index contributed by atoms with van der Waals surface area (Å²) in [5, 5.41) is 0. The number of nitrogens with two attached hydrogens (primary N) is 2. The van der Waals surface area contributed by atoms with Gasteiger partial charge in [-0.3, -0.25) is 0 Å². The average molecular weight is 165 g/mol. The molecule has 0 fully saturated rings. The van der Waals surface area contributed by atoms with Crippen molar-refractivity contribution in [2.24, 2.45) is 5.73 Å². The van der Waals surface area contributed by atoms with Crippen LogP contribution in [0.2, 0.25) is 0 Å². The first kappa shape index (κ1) is 8.71. The normalized spacial score (nSPS) is 12.0. The molecule has 0 atom stereocenters. The minimum atomic E-state index is 0.774. The first-order valence-electron chi connectivity index (χ1n) is 4.03. The van der Waals surface area contributed by atoms with E-state index < -0.39 is 0 Å². The van der Waals surface area contributed by atoms with Crippen LogP contribution in [0.15, 0.2) is 18.0 Å². The van der Waals surface area contributed by atoms with E-state index in [9.17, 15) is 0 Å². The van der Waals surface area contributed by atoms with Crippen LogP contribution in [0, 0.1) is 0 Å². The predicted octanol–water partition coefficient (Wildman–Crippen LogP) is 1.41. The van der Waals surface area contributed by atoms with Crippen LogP contribution < -0.4 is 11.5 Å². The maximum Gasteiger partial charge on any atom is 0.110 e. The molecule has 1 rings (SSSR count). The molecule has 0 saturated carbocycles. The average Bonchev–Trinajstić information content (AvgIpc) is 2.32. The molecule has 0 spiro atoms. The third kappa shape index (κ3) is 1.61. The molecular weight excluding hydrogens is 150 g/mol. The highest BCUT2D eigenvalue weighted by molar-refractivity contribution is 5.63. The van der Waals surface area contributed by atoms with Gasteiger partial charge in [0, 0.05) is 24.0 Å². The number of rotatable bonds is 2. The summed E-state index contributed by atoms with van der Waals surface area (Å²) in [7, 11) is 0. The number of nitrogens with zero attached hydrogens (tertiary/aromatic N) is 1. The molecule has 0 aliphatic carbocycles. The summed E-state index contributed by atoms with van der Waals surface area (Å²) in [6.45, 7) is 4.80. The molecule has 0 bridgehead atoms. The fourth-order valence-electron chi connectivity index (χ4n) is 1.14. The Bertz CT molecular complexity index is 293. The molecule has 0 saturated heterocycles. The van der Waals surface area contributed by atoms with Crippen molar-refractivity contribution >= 4 is 11.9 Å². The molecule has 0 unspecified atom stereocenters. The van der Waals surface area contributed by atoms with Gasteiger partial charge in [0.25, 0.3) is 0 Å². The molecule has 1 heterocycles. The predicted molar refractivity (Wildman–Crippen MR) is 52.4 cm³/mol. The zero-order valence-electron chi connectivity index (χ0n) is 7.54. The minimum absolute atomic E-state index is 0.774. The van der Waals surface area contributed by atoms with Crippen molar-refractivity contribution in [3.63, 3.8) is 0 Å². The van der Waals surface area contributed by atoms with Gasteiger partial charge in [-0.2, -0.15) is 0 Å². The Balaban J connectivity index is 3.02. The van der Waals surface area contributed by atoms with Crippen molar-refractivity contribution in [2.45, 2.75) is 20.4 Å². The van der Waals surface area contributed by atoms with Crippen molar-refractivity contribution in [1.82, 2.24) is 4.57 Å². The van der Waals surface area contributed by atoms with E-state index in [1.807, 2.05) is 29.8 Å². The van der Waals surface area contributed by atoms with E-state index in [0.717, 1.165) is 23.6 Å². The number of aromatic nitrogens is 1. The van der Waals surface area contributed by atoms with Crippen LogP contribution in [0.1, 0.15) is 19.4 Å². The molecule has 0 amide bonds. The molecule has 0 aliphatic rings. The summed E-state index contributed by atoms with van der Waals surface area (Å²) in [6, 6.07) is 1.97. The summed E-state index contributed by atoms with van der Waals surface area (Å²) in [6.07, 6.45) is 3.84. The van der Waals surface area contributed by atoms with E-state index >= 15 is 0 Å². The zero-order valence-corrected chi connectivity index (χ0v) is 7.54. The maximum absolute atomic E-state index is 5.82. The highest BCUT2D eigenvalue weighted by atomic mass is 15.0. The second-order valence-electron chi connectivity index (χ2n) is 2.83. The van der Waals surface area contributed by atoms with E-state index in [4.69, 9.17) is 11.5 Å². The number of nitrogen functional groups attached to an aromatic ring is 1. The molecular formula is C9H15N3. The maximum atomic E-state index is 5.82. The van der Waals surface area contributed by atoms with Gasteiger partial charge in [0.1, 0.15) is 5.82 Å². The van der Waals surface area contributed by atoms with E-state index in [1.165, 1.54) is 0 Å². The molecule has 4 N–H and O–H groups in total. The first-order chi connectivity index (χ1) is 5.65. The number of aryl methyl sites for hydroxylation is 1. The van der Waals surface area contributed by atoms with Crippen LogP contribution in [0.5, 0.6) is 0 Å². The number of anilines is 1. The molecule has 3 heteroatoms. The number of allylic oxidation sites excluding steroid dienone is 1. The fraction of sp³-hybridized carbons (Fsp3) is 0.333. The Labute approximate surface area is 72.7 Å². The van der Waals surface area contributed by atoms with Gasteiger partial charge in [0.05, 0.1) is 0 Å². The van der Waals surface area contributed by atoms with Crippen molar-refractivity contribution < 1.29 is 0 Å². The number of hydrogen-bond donors (Lipinski definition) is 2. The topological polar surface area (TPSA) is 57.0 Å². The summed E-state index contributed by atoms with van der Waals surface area (Å²) >= 11 is 0. The minimum Gasteiger partial charge on any atom is -0.402 e. The molecule has 12 heavy (non-hydrogen) atoms. The fourth-order valence-corrected chi connectivity index (χ4v) is 1.14. The Morgan fingerprint density at radius 3 is 2.75 bits per heavy atom. The Morgan fingerprint density at radius 2 is 2.33 bits per heavy atom. The highest BCUT2D eigenvalue weighted by Crippen LogP contribution is 2.15. The van der Waals surface area contributed by atoms with Gasteiger partial charge in [-0.1, -0.05) is 0 Å². The lowest BCUT2D eigenvalue weighted by Crippen LogP contribution is -2.00. The Hall–Kier alpha value is -1.38. The van der Waals surface area contributed by atoms with Crippen molar-refractivity contribution in [1.29, 1.82) is 0 Å². The number of hydrogen-bond acceptors (Lipinski definition) is 2. The van der Waals surface area contributed by atoms with Crippen LogP contribution in [0.25, 0.3) is 6.08 Å². The monoisotopic (exact) mass is 165 g/mol. The zero-order chi connectivity index (χ0) is 9.14. The molecule has 3 nitrogen and oxygen atoms in total. The van der Waals surface area contributed by atoms with Crippen LogP contribution in [0.4, 0.5) is 5.82 Å². The second-order valence-corrected chi connectivity index (χ2v) is 2.83. The lowest BCUT2D eigenvalue weighted by molar-refractivity contribution is 0.780. The quantitative estimate of drug-likeness (QED) is 0.696. The van der Waals surface area contributed by atoms with Gasteiger partial charge in [0.2, 0.25) is 0 Å². The SMILES string of the molecule is CCn1ccc(/C=C(/C)N)c1N. The standard InChI is InChI=1S/C9H15N3/c1-3-12-5-4-8(9(12)11)6-7(2)10/h4-6H,3,10-11H2,1-2H3/b7-6-. The Morgan fingerprint density at radius 1 is 1.67 bits per heavy atom. The van der Waals surface area contributed by atoms with Crippen LogP contribution in [-0.4, -0.2) is 4.57 Å². The van der Waals surface area contributed by atoms with E-state index in [1.54, 1.807) is 0 Å². The van der Waals surface area contributed by atoms with E-state index in [2.05, 4.69) is 6.92 Å². The largest absolute Gasteiger partial charge is 0.402 e. The van der Waals surface area contributed by atoms with Gasteiger partial charge in [-0.25, -0.2) is 0 Å². The van der Waals surface area contributed by atoms with Crippen molar-refractivity contribution in [2.75, 3.05) is 5.73 Å². The van der Waals surface area contributed by atoms with Crippen LogP contribution in [-0.2, 0) is 6.54 Å². The Kier molecular flexibility index (Phi) is 2.43. The molecule has 0 aromatic carbocycles. The summed E-state index contributed by atoms with van der Waals surface area (Å²) in [4.78, 5) is 0. The third-order valence-corrected chi connectivity index (χ3v) is 1.76. The summed E-state index contributed by atoms with van der Waals surface area (Å²) in [5.74, 6) is 0.780. The second kappa shape index (κ2) is 3.34. The van der Waals surface area contributed by atoms with Crippen molar-refractivity contribution in [3.8, 4) is 0 Å². The summed E-state index contributed by atoms with van der Waals surface area (Å²) in [5.41, 5.74) is 13.1. The van der Waals surface area contributed by atoms with E-state index in [0.29, 0.717) is 0 Å². The van der Waals surface area contributed by atoms with Crippen molar-refractivity contribution in [3.05, 3.63) is 23.5 Å². The van der Waals surface area contributed by atoms with Crippen LogP contribution >= 0.6 is 0 Å². The summed E-state index contributed by atoms with van der Waals surface area (Å²) < 4.78 is 1.98. The highest BCUT2D eigenvalue weighted by Gasteiger charge is 2.00. The first-order valence-corrected chi connectivity index (χ1v) is 4.03. The molecule has 0 aliphatic heterocycles. The van der Waals surface area contributed by atoms with Gasteiger partial charge in [-0.05, 0) is 26.0 Å². The molecule has 66 valence electrons. The lowest BCUT2D eigenvalue weighted by Gasteiger charge is -2.00. The van der Waals surface area contributed by atoms with Gasteiger partial charge in [-0.15, -0.1) is 0 Å². The molecule has 1 aromatic heterocycles. The van der Waals surface area contributed by atoms with Gasteiger partial charge < -0.3 is 16.0 Å². The lowest BCUT2D eigenvalue weighted by atomic mass is 10.2. The van der Waals surface area contributed by atoms with Crippen LogP contribution in [0.3, 0.4) is 0 Å². The third-order valence-electron chi connectivity index (χ3n) is 1.76. The van der Waals surface area contributed by atoms with Gasteiger partial charge >= 0.3 is 0 Å². The molecule has 1 aromatic rings. The van der Waals surface area contributed by atoms with Gasteiger partial charge in [0.15, 0.2) is 0 Å². The molecule has 0 radical (unpaired) electrons. The van der Waals surface area contributed by atoms with E-state index in [-0.39, 0.29) is 0 Å².